The van der Waals surface area contributed by atoms with Crippen molar-refractivity contribution in [2.24, 2.45) is 0 Å². The molecule has 1 aliphatic rings. The lowest BCUT2D eigenvalue weighted by atomic mass is 10.1. The summed E-state index contributed by atoms with van der Waals surface area (Å²) >= 11 is 0. The first-order valence-corrected chi connectivity index (χ1v) is 10.7. The van der Waals surface area contributed by atoms with Crippen molar-refractivity contribution in [2.45, 2.75) is 38.1 Å². The maximum atomic E-state index is 13.7. The summed E-state index contributed by atoms with van der Waals surface area (Å²) in [5, 5.41) is 0. The molecule has 1 heterocycles. The van der Waals surface area contributed by atoms with Crippen LogP contribution in [-0.4, -0.2) is 26.4 Å². The zero-order valence-corrected chi connectivity index (χ0v) is 15.6. The molecule has 2 aromatic carbocycles. The van der Waals surface area contributed by atoms with E-state index in [2.05, 4.69) is 15.7 Å². The highest BCUT2D eigenvalue weighted by Crippen LogP contribution is 2.15. The lowest BCUT2D eigenvalue weighted by Crippen LogP contribution is -2.29. The molecule has 3 rings (SSSR count). The number of halogens is 1. The van der Waals surface area contributed by atoms with E-state index in [1.165, 1.54) is 37.0 Å². The molecule has 0 unspecified atom stereocenters. The Bertz CT molecular complexity index is 833. The molecule has 26 heavy (non-hydrogen) atoms. The summed E-state index contributed by atoms with van der Waals surface area (Å²) in [5.74, 6) is -0.853. The van der Waals surface area contributed by atoms with Gasteiger partial charge in [0.25, 0.3) is 0 Å². The van der Waals surface area contributed by atoms with Crippen LogP contribution in [0.25, 0.3) is 0 Å². The van der Waals surface area contributed by atoms with Gasteiger partial charge in [-0.15, -0.1) is 0 Å². The van der Waals surface area contributed by atoms with Gasteiger partial charge in [0.05, 0.1) is 5.75 Å². The van der Waals surface area contributed by atoms with E-state index >= 15 is 0 Å². The second-order valence-corrected chi connectivity index (χ2v) is 8.64. The molecule has 0 aromatic heterocycles. The van der Waals surface area contributed by atoms with Crippen LogP contribution in [0.2, 0.25) is 0 Å². The summed E-state index contributed by atoms with van der Waals surface area (Å²) in [6.45, 7) is 3.36. The van der Waals surface area contributed by atoms with E-state index in [1.807, 2.05) is 18.2 Å². The number of likely N-dealkylation sites (tertiary alicyclic amines) is 1. The van der Waals surface area contributed by atoms with Crippen molar-refractivity contribution in [3.63, 3.8) is 0 Å². The average Bonchev–Trinajstić information content (AvgIpc) is 2.63. The molecular weight excluding hydrogens is 351 g/mol. The Balaban J connectivity index is 1.58. The van der Waals surface area contributed by atoms with Crippen LogP contribution in [0.4, 0.5) is 4.39 Å². The molecule has 1 fully saturated rings. The van der Waals surface area contributed by atoms with Gasteiger partial charge in [0.1, 0.15) is 5.82 Å². The Labute approximate surface area is 155 Å². The molecular formula is C20H25FN2O2S. The predicted octanol–water partition coefficient (Wildman–Crippen LogP) is 3.43. The minimum Gasteiger partial charge on any atom is -0.299 e. The fraction of sp³-hybridized carbons (Fsp3) is 0.400. The highest BCUT2D eigenvalue weighted by Gasteiger charge is 2.15. The van der Waals surface area contributed by atoms with Crippen molar-refractivity contribution < 1.29 is 12.8 Å². The number of rotatable bonds is 7. The lowest BCUT2D eigenvalue weighted by Gasteiger charge is -2.26. The van der Waals surface area contributed by atoms with Crippen molar-refractivity contribution in [3.8, 4) is 0 Å². The van der Waals surface area contributed by atoms with Crippen molar-refractivity contribution in [1.82, 2.24) is 9.62 Å². The largest absolute Gasteiger partial charge is 0.299 e. The summed E-state index contributed by atoms with van der Waals surface area (Å²) in [7, 11) is -3.60. The first-order chi connectivity index (χ1) is 12.5. The molecule has 0 bridgehead atoms. The molecule has 0 amide bonds. The van der Waals surface area contributed by atoms with Gasteiger partial charge in [-0.1, -0.05) is 48.9 Å². The molecule has 140 valence electrons. The summed E-state index contributed by atoms with van der Waals surface area (Å²) < 4.78 is 40.7. The summed E-state index contributed by atoms with van der Waals surface area (Å²) in [6, 6.07) is 13.9. The zero-order chi connectivity index (χ0) is 18.4. The molecule has 1 N–H and O–H groups in total. The summed E-state index contributed by atoms with van der Waals surface area (Å²) in [5.41, 5.74) is 2.29. The van der Waals surface area contributed by atoms with E-state index in [9.17, 15) is 12.8 Å². The Kier molecular flexibility index (Phi) is 6.40. The third-order valence-electron chi connectivity index (χ3n) is 4.65. The van der Waals surface area contributed by atoms with Crippen LogP contribution in [0.15, 0.2) is 48.5 Å². The smallest absolute Gasteiger partial charge is 0.216 e. The Morgan fingerprint density at radius 3 is 2.46 bits per heavy atom. The Morgan fingerprint density at radius 1 is 0.962 bits per heavy atom. The number of nitrogens with one attached hydrogen (secondary N) is 1. The number of hydrogen-bond acceptors (Lipinski definition) is 3. The maximum absolute atomic E-state index is 13.7. The fourth-order valence-corrected chi connectivity index (χ4v) is 4.41. The lowest BCUT2D eigenvalue weighted by molar-refractivity contribution is 0.221. The van der Waals surface area contributed by atoms with Crippen LogP contribution in [0.3, 0.4) is 0 Å². The average molecular weight is 376 g/mol. The minimum absolute atomic E-state index is 0.179. The predicted molar refractivity (Wildman–Crippen MR) is 101 cm³/mol. The van der Waals surface area contributed by atoms with Gasteiger partial charge in [-0.25, -0.2) is 17.5 Å². The number of benzene rings is 2. The third kappa shape index (κ3) is 5.62. The van der Waals surface area contributed by atoms with E-state index in [4.69, 9.17) is 0 Å². The van der Waals surface area contributed by atoms with E-state index in [0.717, 1.165) is 25.2 Å². The van der Waals surface area contributed by atoms with Crippen LogP contribution < -0.4 is 4.72 Å². The molecule has 4 nitrogen and oxygen atoms in total. The molecule has 2 aromatic rings. The number of sulfonamides is 1. The Hall–Kier alpha value is -1.76. The van der Waals surface area contributed by atoms with Crippen LogP contribution in [0.5, 0.6) is 0 Å². The van der Waals surface area contributed by atoms with Crippen LogP contribution in [0, 0.1) is 5.82 Å². The molecule has 0 spiro atoms. The standard InChI is InChI=1S/C20H25FN2O2S/c21-20-10-3-2-9-19(20)16-26(24,25)22-14-17-7-6-8-18(13-17)15-23-11-4-1-5-12-23/h2-3,6-10,13,22H,1,4-5,11-12,14-16H2. The second kappa shape index (κ2) is 8.75. The SMILES string of the molecule is O=S(=O)(Cc1ccccc1F)NCc1cccc(CN2CCCCC2)c1. The van der Waals surface area contributed by atoms with Crippen molar-refractivity contribution >= 4 is 10.0 Å². The normalized spacial score (nSPS) is 15.9. The number of piperidine rings is 1. The molecule has 1 saturated heterocycles. The van der Waals surface area contributed by atoms with E-state index in [1.54, 1.807) is 12.1 Å². The topological polar surface area (TPSA) is 49.4 Å². The first kappa shape index (κ1) is 19.0. The monoisotopic (exact) mass is 376 g/mol. The molecule has 0 radical (unpaired) electrons. The van der Waals surface area contributed by atoms with Gasteiger partial charge >= 0.3 is 0 Å². The minimum atomic E-state index is -3.60. The third-order valence-corrected chi connectivity index (χ3v) is 5.92. The molecule has 0 atom stereocenters. The highest BCUT2D eigenvalue weighted by atomic mass is 32.2. The van der Waals surface area contributed by atoms with Gasteiger partial charge in [0, 0.05) is 18.7 Å². The first-order valence-electron chi connectivity index (χ1n) is 9.03. The van der Waals surface area contributed by atoms with Crippen molar-refractivity contribution in [3.05, 3.63) is 71.0 Å². The quantitative estimate of drug-likeness (QED) is 0.805. The van der Waals surface area contributed by atoms with Crippen LogP contribution in [0.1, 0.15) is 36.0 Å². The van der Waals surface area contributed by atoms with Crippen molar-refractivity contribution in [2.75, 3.05) is 13.1 Å². The van der Waals surface area contributed by atoms with Gasteiger partial charge in [0.15, 0.2) is 0 Å². The van der Waals surface area contributed by atoms with Crippen molar-refractivity contribution in [1.29, 1.82) is 0 Å². The van der Waals surface area contributed by atoms with E-state index < -0.39 is 15.8 Å². The maximum Gasteiger partial charge on any atom is 0.216 e. The van der Waals surface area contributed by atoms with Gasteiger partial charge in [-0.2, -0.15) is 0 Å². The van der Waals surface area contributed by atoms with Gasteiger partial charge in [-0.3, -0.25) is 4.90 Å². The van der Waals surface area contributed by atoms with Gasteiger partial charge in [0.2, 0.25) is 10.0 Å². The summed E-state index contributed by atoms with van der Waals surface area (Å²) in [4.78, 5) is 2.44. The highest BCUT2D eigenvalue weighted by molar-refractivity contribution is 7.88. The van der Waals surface area contributed by atoms with Crippen LogP contribution in [-0.2, 0) is 28.9 Å². The van der Waals surface area contributed by atoms with Crippen LogP contribution >= 0.6 is 0 Å². The summed E-state index contributed by atoms with van der Waals surface area (Å²) in [6.07, 6.45) is 3.80. The second-order valence-electron chi connectivity index (χ2n) is 6.83. The molecule has 0 aliphatic carbocycles. The molecule has 0 saturated carbocycles. The number of nitrogens with zero attached hydrogens (tertiary/aromatic N) is 1. The zero-order valence-electron chi connectivity index (χ0n) is 14.8. The van der Waals surface area contributed by atoms with Gasteiger partial charge < -0.3 is 0 Å². The fourth-order valence-electron chi connectivity index (χ4n) is 3.28. The van der Waals surface area contributed by atoms with E-state index in [0.29, 0.717) is 0 Å². The van der Waals surface area contributed by atoms with E-state index in [-0.39, 0.29) is 17.9 Å². The number of hydrogen-bond donors (Lipinski definition) is 1. The molecule has 6 heteroatoms. The Morgan fingerprint density at radius 2 is 1.69 bits per heavy atom. The van der Waals surface area contributed by atoms with Gasteiger partial charge in [-0.05, 0) is 43.1 Å². The molecule has 1 aliphatic heterocycles.